The predicted molar refractivity (Wildman–Crippen MR) is 107 cm³/mol. The summed E-state index contributed by atoms with van der Waals surface area (Å²) in [6.07, 6.45) is 10.9. The quantitative estimate of drug-likeness (QED) is 0.763. The van der Waals surface area contributed by atoms with Crippen LogP contribution >= 0.6 is 0 Å². The second-order valence-electron chi connectivity index (χ2n) is 7.52. The number of aromatic hydroxyl groups is 1. The molecule has 0 aromatic heterocycles. The zero-order chi connectivity index (χ0) is 19.5. The number of Topliss-reactive ketones (excluding diaryl/α,β-unsaturated/α-hetero) is 2. The second kappa shape index (κ2) is 8.01. The van der Waals surface area contributed by atoms with Crippen molar-refractivity contribution in [2.45, 2.75) is 51.0 Å². The van der Waals surface area contributed by atoms with Gasteiger partial charge in [0.15, 0.2) is 11.6 Å². The zero-order valence-corrected chi connectivity index (χ0v) is 15.8. The van der Waals surface area contributed by atoms with Crippen LogP contribution in [-0.4, -0.2) is 22.8 Å². The highest BCUT2D eigenvalue weighted by atomic mass is 16.5. The number of fused-ring (bicyclic) bond motifs is 2. The summed E-state index contributed by atoms with van der Waals surface area (Å²) in [7, 11) is 0. The van der Waals surface area contributed by atoms with Gasteiger partial charge in [-0.25, -0.2) is 0 Å². The van der Waals surface area contributed by atoms with Crippen molar-refractivity contribution in [1.29, 1.82) is 0 Å². The first kappa shape index (κ1) is 18.5. The number of ketones is 2. The number of phenolic OH excluding ortho intramolecular Hbond substituents is 1. The van der Waals surface area contributed by atoms with Crippen LogP contribution in [0.15, 0.2) is 48.6 Å². The fourth-order valence-corrected chi connectivity index (χ4v) is 4.00. The average molecular weight is 376 g/mol. The molecule has 2 aromatic rings. The fourth-order valence-electron chi connectivity index (χ4n) is 4.00. The van der Waals surface area contributed by atoms with Crippen molar-refractivity contribution < 1.29 is 19.4 Å². The van der Waals surface area contributed by atoms with Crippen LogP contribution in [0.25, 0.3) is 0 Å². The lowest BCUT2D eigenvalue weighted by Crippen LogP contribution is -2.15. The lowest BCUT2D eigenvalue weighted by atomic mass is 10.1. The zero-order valence-electron chi connectivity index (χ0n) is 15.8. The van der Waals surface area contributed by atoms with Gasteiger partial charge in [-0.05, 0) is 85.7 Å². The highest BCUT2D eigenvalue weighted by molar-refractivity contribution is 6.01. The summed E-state index contributed by atoms with van der Waals surface area (Å²) in [5.41, 5.74) is 3.79. The number of rotatable bonds is 2. The normalized spacial score (nSPS) is 19.6. The number of hydrogen-bond donors (Lipinski definition) is 1. The molecule has 0 bridgehead atoms. The molecular formula is C24H24O4. The molecule has 0 heterocycles. The van der Waals surface area contributed by atoms with E-state index in [1.54, 1.807) is 18.2 Å². The van der Waals surface area contributed by atoms with Crippen molar-refractivity contribution in [3.63, 3.8) is 0 Å². The van der Waals surface area contributed by atoms with Gasteiger partial charge in [0.05, 0.1) is 0 Å². The fraction of sp³-hybridized carbons (Fsp3) is 0.333. The Morgan fingerprint density at radius 2 is 1.54 bits per heavy atom. The molecule has 1 N–H and O–H groups in total. The minimum absolute atomic E-state index is 0.194. The van der Waals surface area contributed by atoms with E-state index >= 15 is 0 Å². The molecule has 0 spiro atoms. The monoisotopic (exact) mass is 376 g/mol. The van der Waals surface area contributed by atoms with Crippen LogP contribution in [-0.2, 0) is 12.8 Å². The molecule has 1 unspecified atom stereocenters. The van der Waals surface area contributed by atoms with Gasteiger partial charge < -0.3 is 9.84 Å². The summed E-state index contributed by atoms with van der Waals surface area (Å²) in [6, 6.07) is 10.8. The SMILES string of the molecule is O=C1CCc2cc(O)ccc21.O=C1CCc2cc(OC3C=CCCC3)ccc21. The van der Waals surface area contributed by atoms with Crippen LogP contribution in [0, 0.1) is 0 Å². The Morgan fingerprint density at radius 1 is 0.857 bits per heavy atom. The predicted octanol–water partition coefficient (Wildman–Crippen LogP) is 4.82. The Kier molecular flexibility index (Phi) is 5.29. The van der Waals surface area contributed by atoms with Crippen molar-refractivity contribution in [2.24, 2.45) is 0 Å². The molecule has 1 atom stereocenters. The lowest BCUT2D eigenvalue weighted by molar-refractivity contribution is 0.0986. The molecule has 0 radical (unpaired) electrons. The Balaban J connectivity index is 0.000000151. The minimum Gasteiger partial charge on any atom is -0.508 e. The maximum Gasteiger partial charge on any atom is 0.163 e. The molecule has 4 nitrogen and oxygen atoms in total. The van der Waals surface area contributed by atoms with E-state index in [9.17, 15) is 9.59 Å². The molecule has 28 heavy (non-hydrogen) atoms. The van der Waals surface area contributed by atoms with E-state index in [2.05, 4.69) is 12.2 Å². The molecular weight excluding hydrogens is 352 g/mol. The molecule has 0 saturated heterocycles. The summed E-state index contributed by atoms with van der Waals surface area (Å²) in [5.74, 6) is 1.61. The van der Waals surface area contributed by atoms with Crippen molar-refractivity contribution in [1.82, 2.24) is 0 Å². The minimum atomic E-state index is 0.194. The van der Waals surface area contributed by atoms with E-state index in [-0.39, 0.29) is 23.4 Å². The van der Waals surface area contributed by atoms with E-state index in [4.69, 9.17) is 9.84 Å². The summed E-state index contributed by atoms with van der Waals surface area (Å²) in [6.45, 7) is 0. The molecule has 0 aliphatic heterocycles. The van der Waals surface area contributed by atoms with E-state index in [1.807, 2.05) is 18.2 Å². The standard InChI is InChI=1S/C15H16O2.C9H8O2/c16-15-9-6-11-10-13(7-8-14(11)15)17-12-4-2-1-3-5-12;10-7-2-3-8-6(5-7)1-4-9(8)11/h2,4,7-8,10,12H,1,3,5-6,9H2;2-3,5,10H,1,4H2. The number of carbonyl (C=O) groups excluding carboxylic acids is 2. The number of hydrogen-bond acceptors (Lipinski definition) is 4. The molecule has 0 fully saturated rings. The van der Waals surface area contributed by atoms with E-state index in [0.29, 0.717) is 12.8 Å². The highest BCUT2D eigenvalue weighted by Crippen LogP contribution is 2.28. The molecule has 2 aromatic carbocycles. The summed E-state index contributed by atoms with van der Waals surface area (Å²) in [4.78, 5) is 22.6. The van der Waals surface area contributed by atoms with Crippen LogP contribution in [0.5, 0.6) is 11.5 Å². The molecule has 144 valence electrons. The summed E-state index contributed by atoms with van der Waals surface area (Å²) in [5, 5.41) is 9.07. The number of carbonyl (C=O) groups is 2. The number of allylic oxidation sites excluding steroid dienone is 1. The van der Waals surface area contributed by atoms with Crippen LogP contribution in [0.1, 0.15) is 63.9 Å². The van der Waals surface area contributed by atoms with Gasteiger partial charge >= 0.3 is 0 Å². The first-order valence-electron chi connectivity index (χ1n) is 9.95. The Morgan fingerprint density at radius 3 is 2.21 bits per heavy atom. The Bertz CT molecular complexity index is 942. The number of ether oxygens (including phenoxy) is 1. The largest absolute Gasteiger partial charge is 0.508 e. The summed E-state index contributed by atoms with van der Waals surface area (Å²) >= 11 is 0. The lowest BCUT2D eigenvalue weighted by Gasteiger charge is -2.18. The maximum absolute atomic E-state index is 11.5. The third-order valence-electron chi connectivity index (χ3n) is 5.51. The van der Waals surface area contributed by atoms with Crippen LogP contribution in [0.4, 0.5) is 0 Å². The summed E-state index contributed by atoms with van der Waals surface area (Å²) < 4.78 is 5.92. The van der Waals surface area contributed by atoms with Crippen molar-refractivity contribution >= 4 is 11.6 Å². The van der Waals surface area contributed by atoms with Gasteiger partial charge in [0.25, 0.3) is 0 Å². The van der Waals surface area contributed by atoms with E-state index < -0.39 is 0 Å². The van der Waals surface area contributed by atoms with Crippen molar-refractivity contribution in [3.05, 3.63) is 70.8 Å². The highest BCUT2D eigenvalue weighted by Gasteiger charge is 2.20. The molecule has 0 amide bonds. The third-order valence-corrected chi connectivity index (χ3v) is 5.51. The smallest absolute Gasteiger partial charge is 0.163 e. The molecule has 4 heteroatoms. The Hall–Kier alpha value is -2.88. The van der Waals surface area contributed by atoms with Crippen LogP contribution in [0.2, 0.25) is 0 Å². The van der Waals surface area contributed by atoms with E-state index in [1.165, 1.54) is 12.8 Å². The molecule has 3 aliphatic rings. The second-order valence-corrected chi connectivity index (χ2v) is 7.52. The van der Waals surface area contributed by atoms with Gasteiger partial charge in [0.1, 0.15) is 17.6 Å². The number of aryl methyl sites for hydroxylation is 2. The van der Waals surface area contributed by atoms with Gasteiger partial charge in [-0.3, -0.25) is 9.59 Å². The Labute approximate surface area is 164 Å². The van der Waals surface area contributed by atoms with E-state index in [0.717, 1.165) is 47.3 Å². The van der Waals surface area contributed by atoms with Crippen LogP contribution < -0.4 is 4.74 Å². The van der Waals surface area contributed by atoms with Gasteiger partial charge in [-0.2, -0.15) is 0 Å². The number of benzene rings is 2. The molecule has 0 saturated carbocycles. The molecule has 5 rings (SSSR count). The van der Waals surface area contributed by atoms with Gasteiger partial charge in [0, 0.05) is 24.0 Å². The number of phenols is 1. The maximum atomic E-state index is 11.5. The first-order valence-corrected chi connectivity index (χ1v) is 9.95. The van der Waals surface area contributed by atoms with Crippen molar-refractivity contribution in [3.8, 4) is 11.5 Å². The van der Waals surface area contributed by atoms with Crippen molar-refractivity contribution in [2.75, 3.05) is 0 Å². The van der Waals surface area contributed by atoms with Gasteiger partial charge in [-0.15, -0.1) is 0 Å². The molecule has 3 aliphatic carbocycles. The van der Waals surface area contributed by atoms with Crippen LogP contribution in [0.3, 0.4) is 0 Å². The topological polar surface area (TPSA) is 63.6 Å². The van der Waals surface area contributed by atoms with Gasteiger partial charge in [-0.1, -0.05) is 6.08 Å². The first-order chi connectivity index (χ1) is 13.6. The third kappa shape index (κ3) is 4.01. The average Bonchev–Trinajstić information content (AvgIpc) is 3.25. The van der Waals surface area contributed by atoms with Gasteiger partial charge in [0.2, 0.25) is 0 Å².